The molecule has 0 bridgehead atoms. The highest BCUT2D eigenvalue weighted by atomic mass is 32.2. The lowest BCUT2D eigenvalue weighted by Gasteiger charge is -2.32. The number of halogens is 1. The van der Waals surface area contributed by atoms with E-state index >= 15 is 0 Å². The topological polar surface area (TPSA) is 66.5 Å². The number of piperidine rings is 1. The Morgan fingerprint density at radius 1 is 1.21 bits per heavy atom. The number of benzene rings is 2. The lowest BCUT2D eigenvalue weighted by molar-refractivity contribution is 0.0953. The molecular formula is C22H27FN2O3S. The fraction of sp³-hybridized carbons (Fsp3) is 0.409. The van der Waals surface area contributed by atoms with Crippen LogP contribution < -0.4 is 5.32 Å². The highest BCUT2D eigenvalue weighted by Gasteiger charge is 2.31. The van der Waals surface area contributed by atoms with Crippen molar-refractivity contribution in [2.24, 2.45) is 0 Å². The number of amides is 1. The zero-order valence-electron chi connectivity index (χ0n) is 16.8. The smallest absolute Gasteiger partial charge is 0.251 e. The molecule has 0 aliphatic carbocycles. The van der Waals surface area contributed by atoms with E-state index in [0.29, 0.717) is 29.7 Å². The molecular weight excluding hydrogens is 391 g/mol. The molecule has 2 aromatic carbocycles. The molecule has 0 aromatic heterocycles. The van der Waals surface area contributed by atoms with Gasteiger partial charge in [0.25, 0.3) is 5.91 Å². The third-order valence-electron chi connectivity index (χ3n) is 5.44. The number of rotatable bonds is 6. The van der Waals surface area contributed by atoms with E-state index in [1.807, 2.05) is 6.92 Å². The first-order chi connectivity index (χ1) is 13.8. The van der Waals surface area contributed by atoms with Crippen LogP contribution in [-0.4, -0.2) is 37.8 Å². The second-order valence-electron chi connectivity index (χ2n) is 7.53. The summed E-state index contributed by atoms with van der Waals surface area (Å²) in [5.41, 5.74) is 1.54. The van der Waals surface area contributed by atoms with E-state index in [0.717, 1.165) is 19.3 Å². The third kappa shape index (κ3) is 4.85. The van der Waals surface area contributed by atoms with E-state index in [9.17, 15) is 17.6 Å². The van der Waals surface area contributed by atoms with Gasteiger partial charge in [-0.15, -0.1) is 0 Å². The number of carbonyl (C=O) groups excluding carboxylic acids is 1. The number of sulfonamides is 1. The minimum Gasteiger partial charge on any atom is -0.352 e. The van der Waals surface area contributed by atoms with Gasteiger partial charge in [-0.2, -0.15) is 4.31 Å². The maximum atomic E-state index is 13.7. The summed E-state index contributed by atoms with van der Waals surface area (Å²) in [6, 6.07) is 11.1. The van der Waals surface area contributed by atoms with Gasteiger partial charge < -0.3 is 5.32 Å². The summed E-state index contributed by atoms with van der Waals surface area (Å²) in [5, 5.41) is 2.77. The van der Waals surface area contributed by atoms with E-state index in [1.54, 1.807) is 37.3 Å². The molecule has 0 unspecified atom stereocenters. The molecule has 1 heterocycles. The van der Waals surface area contributed by atoms with Crippen LogP contribution in [0, 0.1) is 12.7 Å². The van der Waals surface area contributed by atoms with Gasteiger partial charge in [0.15, 0.2) is 0 Å². The molecule has 1 aliphatic heterocycles. The van der Waals surface area contributed by atoms with Gasteiger partial charge in [-0.05, 0) is 62.4 Å². The van der Waals surface area contributed by atoms with Crippen LogP contribution in [0.25, 0.3) is 0 Å². The molecule has 0 radical (unpaired) electrons. The Morgan fingerprint density at radius 3 is 2.69 bits per heavy atom. The summed E-state index contributed by atoms with van der Waals surface area (Å²) < 4.78 is 41.4. The first-order valence-electron chi connectivity index (χ1n) is 9.95. The summed E-state index contributed by atoms with van der Waals surface area (Å²) in [7, 11) is -3.65. The fourth-order valence-corrected chi connectivity index (χ4v) is 5.40. The molecule has 29 heavy (non-hydrogen) atoms. The number of nitrogens with zero attached hydrogens (tertiary/aromatic N) is 1. The van der Waals surface area contributed by atoms with Crippen molar-refractivity contribution < 1.29 is 17.6 Å². The van der Waals surface area contributed by atoms with Gasteiger partial charge in [0.05, 0.1) is 4.90 Å². The zero-order valence-corrected chi connectivity index (χ0v) is 17.6. The van der Waals surface area contributed by atoms with E-state index < -0.39 is 10.0 Å². The van der Waals surface area contributed by atoms with Gasteiger partial charge >= 0.3 is 0 Å². The third-order valence-corrected chi connectivity index (χ3v) is 7.45. The quantitative estimate of drug-likeness (QED) is 0.778. The van der Waals surface area contributed by atoms with Gasteiger partial charge in [0.2, 0.25) is 10.0 Å². The maximum Gasteiger partial charge on any atom is 0.251 e. The van der Waals surface area contributed by atoms with Gasteiger partial charge in [0.1, 0.15) is 5.82 Å². The van der Waals surface area contributed by atoms with Crippen LogP contribution in [0.5, 0.6) is 0 Å². The number of aryl methyl sites for hydroxylation is 1. The Bertz CT molecular complexity index is 991. The van der Waals surface area contributed by atoms with Crippen molar-refractivity contribution in [3.63, 3.8) is 0 Å². The molecule has 1 N–H and O–H groups in total. The van der Waals surface area contributed by atoms with Gasteiger partial charge in [-0.3, -0.25) is 4.79 Å². The average Bonchev–Trinajstić information content (AvgIpc) is 2.69. The molecule has 3 rings (SSSR count). The van der Waals surface area contributed by atoms with Crippen molar-refractivity contribution in [2.45, 2.75) is 50.5 Å². The molecule has 1 amide bonds. The first kappa shape index (κ1) is 21.5. The number of hydrogen-bond donors (Lipinski definition) is 1. The second kappa shape index (κ2) is 9.05. The lowest BCUT2D eigenvalue weighted by Crippen LogP contribution is -2.42. The molecule has 5 nitrogen and oxygen atoms in total. The normalized spacial score (nSPS) is 17.8. The Morgan fingerprint density at radius 2 is 1.97 bits per heavy atom. The second-order valence-corrected chi connectivity index (χ2v) is 9.43. The van der Waals surface area contributed by atoms with Crippen LogP contribution >= 0.6 is 0 Å². The summed E-state index contributed by atoms with van der Waals surface area (Å²) in [4.78, 5) is 12.8. The van der Waals surface area contributed by atoms with Crippen molar-refractivity contribution in [1.82, 2.24) is 9.62 Å². The zero-order chi connectivity index (χ0) is 21.0. The molecule has 0 spiro atoms. The largest absolute Gasteiger partial charge is 0.352 e. The first-order valence-corrected chi connectivity index (χ1v) is 11.4. The number of carbonyl (C=O) groups is 1. The highest BCUT2D eigenvalue weighted by Crippen LogP contribution is 2.26. The predicted octanol–water partition coefficient (Wildman–Crippen LogP) is 3.67. The van der Waals surface area contributed by atoms with Crippen LogP contribution in [0.2, 0.25) is 0 Å². The van der Waals surface area contributed by atoms with Crippen LogP contribution in [0.3, 0.4) is 0 Å². The van der Waals surface area contributed by atoms with E-state index in [1.165, 1.54) is 16.4 Å². The monoisotopic (exact) mass is 418 g/mol. The van der Waals surface area contributed by atoms with Gasteiger partial charge in [-0.1, -0.05) is 30.7 Å². The molecule has 7 heteroatoms. The van der Waals surface area contributed by atoms with Crippen molar-refractivity contribution in [3.05, 3.63) is 65.0 Å². The maximum absolute atomic E-state index is 13.7. The minimum atomic E-state index is -3.65. The molecule has 2 aromatic rings. The lowest BCUT2D eigenvalue weighted by atomic mass is 10.1. The van der Waals surface area contributed by atoms with Crippen molar-refractivity contribution >= 4 is 15.9 Å². The Kier molecular flexibility index (Phi) is 6.70. The Hall–Kier alpha value is -2.25. The highest BCUT2D eigenvalue weighted by molar-refractivity contribution is 7.89. The van der Waals surface area contributed by atoms with Crippen molar-refractivity contribution in [3.8, 4) is 0 Å². The van der Waals surface area contributed by atoms with Crippen LogP contribution in [0.1, 0.15) is 47.7 Å². The van der Waals surface area contributed by atoms with E-state index in [-0.39, 0.29) is 29.2 Å². The molecule has 1 saturated heterocycles. The Balaban J connectivity index is 1.74. The van der Waals surface area contributed by atoms with Crippen LogP contribution in [-0.2, 0) is 16.4 Å². The fourth-order valence-electron chi connectivity index (χ4n) is 3.68. The molecule has 156 valence electrons. The number of hydrogen-bond acceptors (Lipinski definition) is 3. The Labute approximate surface area is 172 Å². The molecule has 1 fully saturated rings. The standard InChI is InChI=1S/C22H27FN2O3S/c1-16-10-11-19(29(27,28)25-14-6-5-7-17(25)2)15-20(16)22(26)24-13-12-18-8-3-4-9-21(18)23/h3-4,8-11,15,17H,5-7,12-14H2,1-2H3,(H,24,26)/t17-/m0/s1. The molecule has 0 saturated carbocycles. The molecule has 1 aliphatic rings. The van der Waals surface area contributed by atoms with Gasteiger partial charge in [0, 0.05) is 24.7 Å². The van der Waals surface area contributed by atoms with Crippen LogP contribution in [0.15, 0.2) is 47.4 Å². The summed E-state index contributed by atoms with van der Waals surface area (Å²) in [6.45, 7) is 4.45. The average molecular weight is 419 g/mol. The summed E-state index contributed by atoms with van der Waals surface area (Å²) in [5.74, 6) is -0.663. The minimum absolute atomic E-state index is 0.0481. The van der Waals surface area contributed by atoms with Crippen molar-refractivity contribution in [2.75, 3.05) is 13.1 Å². The molecule has 1 atom stereocenters. The number of nitrogens with one attached hydrogen (secondary N) is 1. The summed E-state index contributed by atoms with van der Waals surface area (Å²) >= 11 is 0. The summed E-state index contributed by atoms with van der Waals surface area (Å²) in [6.07, 6.45) is 3.07. The van der Waals surface area contributed by atoms with E-state index in [2.05, 4.69) is 5.32 Å². The SMILES string of the molecule is Cc1ccc(S(=O)(=O)N2CCCC[C@@H]2C)cc1C(=O)NCCc1ccccc1F. The predicted molar refractivity (Wildman–Crippen MR) is 111 cm³/mol. The van der Waals surface area contributed by atoms with Gasteiger partial charge in [-0.25, -0.2) is 12.8 Å². The van der Waals surface area contributed by atoms with Crippen LogP contribution in [0.4, 0.5) is 4.39 Å². The van der Waals surface area contributed by atoms with E-state index in [4.69, 9.17) is 0 Å². The van der Waals surface area contributed by atoms with Crippen molar-refractivity contribution in [1.29, 1.82) is 0 Å².